The van der Waals surface area contributed by atoms with Gasteiger partial charge in [0.05, 0.1) is 11.4 Å². The van der Waals surface area contributed by atoms with Crippen LogP contribution in [0.4, 0.5) is 0 Å². The summed E-state index contributed by atoms with van der Waals surface area (Å²) in [7, 11) is 0. The van der Waals surface area contributed by atoms with Crippen molar-refractivity contribution < 1.29 is 0 Å². The molecule has 1 heterocycles. The van der Waals surface area contributed by atoms with Gasteiger partial charge >= 0.3 is 0 Å². The molecule has 0 bridgehead atoms. The third-order valence-electron chi connectivity index (χ3n) is 2.14. The van der Waals surface area contributed by atoms with Gasteiger partial charge in [-0.15, -0.1) is 0 Å². The topological polar surface area (TPSA) is 25.8 Å². The van der Waals surface area contributed by atoms with Crippen molar-refractivity contribution in [2.24, 2.45) is 0 Å². The minimum Gasteiger partial charge on any atom is -0.155 e. The first kappa shape index (κ1) is 8.18. The van der Waals surface area contributed by atoms with Gasteiger partial charge in [-0.2, -0.15) is 10.2 Å². The van der Waals surface area contributed by atoms with Crippen LogP contribution in [0, 0.1) is 20.8 Å². The summed E-state index contributed by atoms with van der Waals surface area (Å²) >= 11 is 0. The Morgan fingerprint density at radius 3 is 2.00 bits per heavy atom. The fourth-order valence-electron chi connectivity index (χ4n) is 1.30. The van der Waals surface area contributed by atoms with Gasteiger partial charge in [0.15, 0.2) is 0 Å². The van der Waals surface area contributed by atoms with Gasteiger partial charge in [0.25, 0.3) is 0 Å². The molecule has 0 unspecified atom stereocenters. The van der Waals surface area contributed by atoms with Crippen LogP contribution < -0.4 is 0 Å². The number of hydrogen-bond donors (Lipinski definition) is 0. The van der Waals surface area contributed by atoms with Gasteiger partial charge in [-0.05, 0) is 38.3 Å². The van der Waals surface area contributed by atoms with Crippen molar-refractivity contribution in [2.75, 3.05) is 0 Å². The normalized spacial score (nSPS) is 10.2. The van der Waals surface area contributed by atoms with Gasteiger partial charge in [0.2, 0.25) is 0 Å². The van der Waals surface area contributed by atoms with Crippen LogP contribution in [0.5, 0.6) is 0 Å². The summed E-state index contributed by atoms with van der Waals surface area (Å²) in [5.41, 5.74) is 4.75. The van der Waals surface area contributed by atoms with Gasteiger partial charge in [0.1, 0.15) is 0 Å². The molecular formula is C9H14N2. The highest BCUT2D eigenvalue weighted by atomic mass is 15.1. The fourth-order valence-corrected chi connectivity index (χ4v) is 1.30. The Balaban J connectivity index is 3.29. The maximum Gasteiger partial charge on any atom is 0.0634 e. The molecule has 0 aliphatic carbocycles. The van der Waals surface area contributed by atoms with Gasteiger partial charge < -0.3 is 0 Å². The summed E-state index contributed by atoms with van der Waals surface area (Å²) in [6.07, 6.45) is 1.05. The third-order valence-corrected chi connectivity index (χ3v) is 2.14. The number of nitrogens with zero attached hydrogens (tertiary/aromatic N) is 2. The molecule has 0 amide bonds. The molecule has 0 N–H and O–H groups in total. The van der Waals surface area contributed by atoms with Gasteiger partial charge in [-0.3, -0.25) is 0 Å². The fraction of sp³-hybridized carbons (Fsp3) is 0.556. The number of aromatic nitrogens is 2. The quantitative estimate of drug-likeness (QED) is 0.611. The monoisotopic (exact) mass is 150 g/mol. The molecule has 2 heteroatoms. The van der Waals surface area contributed by atoms with Crippen molar-refractivity contribution in [3.8, 4) is 0 Å². The lowest BCUT2D eigenvalue weighted by molar-refractivity contribution is 0.880. The summed E-state index contributed by atoms with van der Waals surface area (Å²) in [4.78, 5) is 0. The SMILES string of the molecule is CCc1c(C)nnc(C)c1C. The molecule has 1 rings (SSSR count). The average Bonchev–Trinajstić information content (AvgIpc) is 1.99. The lowest BCUT2D eigenvalue weighted by Crippen LogP contribution is -2.00. The molecule has 0 spiro atoms. The average molecular weight is 150 g/mol. The molecule has 60 valence electrons. The predicted molar refractivity (Wildman–Crippen MR) is 45.6 cm³/mol. The smallest absolute Gasteiger partial charge is 0.0634 e. The van der Waals surface area contributed by atoms with Crippen LogP contribution in [-0.4, -0.2) is 10.2 Å². The van der Waals surface area contributed by atoms with E-state index in [0.29, 0.717) is 0 Å². The third kappa shape index (κ3) is 1.39. The van der Waals surface area contributed by atoms with Crippen molar-refractivity contribution in [3.63, 3.8) is 0 Å². The van der Waals surface area contributed by atoms with E-state index in [1.807, 2.05) is 13.8 Å². The van der Waals surface area contributed by atoms with Crippen molar-refractivity contribution in [2.45, 2.75) is 34.1 Å². The van der Waals surface area contributed by atoms with Crippen molar-refractivity contribution in [1.29, 1.82) is 0 Å². The largest absolute Gasteiger partial charge is 0.155 e. The predicted octanol–water partition coefficient (Wildman–Crippen LogP) is 1.96. The molecule has 0 aliphatic heterocycles. The summed E-state index contributed by atoms with van der Waals surface area (Å²) in [6, 6.07) is 0. The van der Waals surface area contributed by atoms with Crippen LogP contribution in [-0.2, 0) is 6.42 Å². The molecule has 0 aromatic carbocycles. The lowest BCUT2D eigenvalue weighted by atomic mass is 10.1. The summed E-state index contributed by atoms with van der Waals surface area (Å²) in [5.74, 6) is 0. The first-order valence-electron chi connectivity index (χ1n) is 3.96. The Labute approximate surface area is 67.7 Å². The van der Waals surface area contributed by atoms with Crippen LogP contribution in [0.3, 0.4) is 0 Å². The van der Waals surface area contributed by atoms with Crippen molar-refractivity contribution in [1.82, 2.24) is 10.2 Å². The second kappa shape index (κ2) is 2.99. The van der Waals surface area contributed by atoms with Crippen LogP contribution >= 0.6 is 0 Å². The van der Waals surface area contributed by atoms with Gasteiger partial charge in [-0.1, -0.05) is 6.92 Å². The molecule has 0 radical (unpaired) electrons. The second-order valence-corrected chi connectivity index (χ2v) is 2.83. The number of hydrogen-bond acceptors (Lipinski definition) is 2. The second-order valence-electron chi connectivity index (χ2n) is 2.83. The first-order chi connectivity index (χ1) is 5.16. The highest BCUT2D eigenvalue weighted by Gasteiger charge is 2.04. The van der Waals surface area contributed by atoms with E-state index in [1.165, 1.54) is 11.1 Å². The van der Waals surface area contributed by atoms with E-state index < -0.39 is 0 Å². The maximum atomic E-state index is 4.06. The van der Waals surface area contributed by atoms with E-state index in [2.05, 4.69) is 24.0 Å². The molecule has 2 nitrogen and oxygen atoms in total. The molecule has 0 saturated heterocycles. The zero-order valence-electron chi connectivity index (χ0n) is 7.60. The Bertz CT molecular complexity index is 267. The summed E-state index contributed by atoms with van der Waals surface area (Å²) in [5, 5.41) is 8.10. The van der Waals surface area contributed by atoms with E-state index in [4.69, 9.17) is 0 Å². The molecule has 0 saturated carbocycles. The Kier molecular flexibility index (Phi) is 2.22. The minimum absolute atomic E-state index is 1.05. The molecule has 0 atom stereocenters. The van der Waals surface area contributed by atoms with Crippen LogP contribution in [0.1, 0.15) is 29.4 Å². The number of aryl methyl sites for hydroxylation is 2. The van der Waals surface area contributed by atoms with Crippen molar-refractivity contribution >= 4 is 0 Å². The number of rotatable bonds is 1. The van der Waals surface area contributed by atoms with Crippen LogP contribution in [0.15, 0.2) is 0 Å². The van der Waals surface area contributed by atoms with E-state index in [0.717, 1.165) is 17.8 Å². The maximum absolute atomic E-state index is 4.06. The van der Waals surface area contributed by atoms with Gasteiger partial charge in [-0.25, -0.2) is 0 Å². The molecular weight excluding hydrogens is 136 g/mol. The molecule has 0 fully saturated rings. The molecule has 0 aliphatic rings. The summed E-state index contributed by atoms with van der Waals surface area (Å²) < 4.78 is 0. The molecule has 1 aromatic heterocycles. The highest BCUT2D eigenvalue weighted by Crippen LogP contribution is 2.12. The van der Waals surface area contributed by atoms with Crippen LogP contribution in [0.2, 0.25) is 0 Å². The zero-order valence-corrected chi connectivity index (χ0v) is 7.60. The first-order valence-corrected chi connectivity index (χ1v) is 3.96. The minimum atomic E-state index is 1.05. The van der Waals surface area contributed by atoms with Crippen LogP contribution in [0.25, 0.3) is 0 Å². The Hall–Kier alpha value is -0.920. The molecule has 11 heavy (non-hydrogen) atoms. The van der Waals surface area contributed by atoms with Gasteiger partial charge in [0, 0.05) is 0 Å². The van der Waals surface area contributed by atoms with E-state index in [-0.39, 0.29) is 0 Å². The van der Waals surface area contributed by atoms with E-state index in [9.17, 15) is 0 Å². The summed E-state index contributed by atoms with van der Waals surface area (Å²) in [6.45, 7) is 8.27. The highest BCUT2D eigenvalue weighted by molar-refractivity contribution is 5.30. The van der Waals surface area contributed by atoms with Crippen molar-refractivity contribution in [3.05, 3.63) is 22.5 Å². The van der Waals surface area contributed by atoms with E-state index >= 15 is 0 Å². The standard InChI is InChI=1S/C9H14N2/c1-5-9-6(2)7(3)10-11-8(9)4/h5H2,1-4H3. The lowest BCUT2D eigenvalue weighted by Gasteiger charge is -2.06. The Morgan fingerprint density at radius 1 is 1.00 bits per heavy atom. The molecule has 1 aromatic rings. The van der Waals surface area contributed by atoms with E-state index in [1.54, 1.807) is 0 Å². The zero-order chi connectivity index (χ0) is 8.43. The Morgan fingerprint density at radius 2 is 1.55 bits per heavy atom.